The van der Waals surface area contributed by atoms with Crippen LogP contribution in [0, 0.1) is 5.92 Å². The van der Waals surface area contributed by atoms with Crippen molar-refractivity contribution >= 4 is 52.3 Å². The summed E-state index contributed by atoms with van der Waals surface area (Å²) in [7, 11) is 0. The number of likely N-dealkylation sites (tertiary alicyclic amines) is 1. The molecule has 14 N–H and O–H groups in total. The highest BCUT2D eigenvalue weighted by Gasteiger charge is 2.40. The molecule has 8 atom stereocenters. The maximum Gasteiger partial charge on any atom is 0.326 e. The lowest BCUT2D eigenvalue weighted by atomic mass is 9.96. The van der Waals surface area contributed by atoms with E-state index in [2.05, 4.69) is 31.6 Å². The molecule has 20 heteroatoms. The van der Waals surface area contributed by atoms with Crippen LogP contribution in [0.5, 0.6) is 11.5 Å². The van der Waals surface area contributed by atoms with Crippen molar-refractivity contribution in [3.05, 3.63) is 95.7 Å². The van der Waals surface area contributed by atoms with Crippen molar-refractivity contribution in [2.45, 2.75) is 114 Å². The number of fused-ring (bicyclic) bond motifs is 1. The third kappa shape index (κ3) is 14.7. The van der Waals surface area contributed by atoms with E-state index in [-0.39, 0.29) is 56.7 Å². The Bertz CT molecular complexity index is 2390. The van der Waals surface area contributed by atoms with E-state index in [1.165, 1.54) is 29.2 Å². The number of aliphatic hydroxyl groups excluding tert-OH is 1. The van der Waals surface area contributed by atoms with E-state index in [1.807, 2.05) is 24.3 Å². The highest BCUT2D eigenvalue weighted by molar-refractivity contribution is 5.98. The normalized spacial score (nSPS) is 16.5. The number of nitrogens with one attached hydrogen (secondary N) is 6. The first-order valence-corrected chi connectivity index (χ1v) is 23.3. The number of unbranched alkanes of at least 4 members (excludes halogenated alkanes) is 1. The first kappa shape index (κ1) is 52.9. The van der Waals surface area contributed by atoms with Crippen LogP contribution in [0.15, 0.2) is 79.0 Å². The number of nitrogens with zero attached hydrogens (tertiary/aromatic N) is 1. The van der Waals surface area contributed by atoms with Crippen molar-refractivity contribution in [1.82, 2.24) is 36.5 Å². The third-order valence-corrected chi connectivity index (χ3v) is 12.5. The Labute approximate surface area is 400 Å². The number of benzene rings is 3. The van der Waals surface area contributed by atoms with Gasteiger partial charge in [-0.3, -0.25) is 28.8 Å². The van der Waals surface area contributed by atoms with Gasteiger partial charge >= 0.3 is 5.97 Å². The van der Waals surface area contributed by atoms with Crippen LogP contribution in [0.25, 0.3) is 10.9 Å². The van der Waals surface area contributed by atoms with E-state index in [1.54, 1.807) is 44.3 Å². The zero-order valence-electron chi connectivity index (χ0n) is 38.9. The van der Waals surface area contributed by atoms with Crippen molar-refractivity contribution in [3.8, 4) is 11.5 Å². The summed E-state index contributed by atoms with van der Waals surface area (Å²) in [5.74, 6) is -6.10. The van der Waals surface area contributed by atoms with Crippen LogP contribution in [-0.4, -0.2) is 134 Å². The van der Waals surface area contributed by atoms with Gasteiger partial charge in [-0.1, -0.05) is 62.7 Å². The number of hydrogen-bond acceptors (Lipinski definition) is 12. The van der Waals surface area contributed by atoms with Crippen molar-refractivity contribution in [3.63, 3.8) is 0 Å². The minimum absolute atomic E-state index is 0.00683. The van der Waals surface area contributed by atoms with Gasteiger partial charge in [0.05, 0.1) is 6.61 Å². The zero-order valence-corrected chi connectivity index (χ0v) is 38.9. The third-order valence-electron chi connectivity index (χ3n) is 12.5. The molecule has 1 aliphatic rings. The van der Waals surface area contributed by atoms with Gasteiger partial charge in [-0.2, -0.15) is 0 Å². The van der Waals surface area contributed by atoms with Gasteiger partial charge in [0.2, 0.25) is 35.4 Å². The molecule has 0 bridgehead atoms. The Morgan fingerprint density at radius 1 is 0.739 bits per heavy atom. The van der Waals surface area contributed by atoms with Gasteiger partial charge in [0.1, 0.15) is 53.8 Å². The number of carboxylic acid groups (broad SMARTS) is 1. The second kappa shape index (κ2) is 25.4. The molecule has 1 saturated heterocycles. The summed E-state index contributed by atoms with van der Waals surface area (Å²) in [5.41, 5.74) is 14.1. The average Bonchev–Trinajstić information content (AvgIpc) is 4.00. The number of carbonyl (C=O) groups is 7. The van der Waals surface area contributed by atoms with Gasteiger partial charge in [0.15, 0.2) is 0 Å². The number of phenolic OH excluding ortho intramolecular Hbond substituents is 2. The number of aromatic amines is 1. The van der Waals surface area contributed by atoms with Gasteiger partial charge < -0.3 is 68.4 Å². The Balaban J connectivity index is 1.43. The molecule has 69 heavy (non-hydrogen) atoms. The van der Waals surface area contributed by atoms with Gasteiger partial charge in [-0.05, 0) is 91.6 Å². The Kier molecular flexibility index (Phi) is 19.5. The van der Waals surface area contributed by atoms with Crippen LogP contribution in [0.2, 0.25) is 0 Å². The number of hydrogen-bond donors (Lipinski definition) is 12. The van der Waals surface area contributed by atoms with Crippen LogP contribution in [0.1, 0.15) is 69.1 Å². The quantitative estimate of drug-likeness (QED) is 0.0406. The second-order valence-electron chi connectivity index (χ2n) is 17.5. The van der Waals surface area contributed by atoms with Gasteiger partial charge in [0.25, 0.3) is 0 Å². The molecule has 20 nitrogen and oxygen atoms in total. The van der Waals surface area contributed by atoms with Gasteiger partial charge in [-0.15, -0.1) is 0 Å². The number of amides is 6. The number of H-pyrrole nitrogens is 1. The standard InChI is InChI=1S/C49H65N9O11/c1-3-28(2)42(57-43(62)35(51)27-59)47(66)54-38(23-29-13-17-32(60)18-14-29)45(64)53-37(11-6-7-21-50)44(63)55-39(25-31-26-52-36-10-5-4-9-34(31)36)48(67)58-22-8-12-41(58)46(65)56-40(49(68)69)24-30-15-19-33(61)20-16-30/h4-5,9-10,13-20,26,28,35,37-42,52,59-61H,3,6-8,11-12,21-25,27,50-51H2,1-2H3,(H,53,64)(H,54,66)(H,55,63)(H,56,65)(H,57,62)(H,68,69)/t28-,35-,37-,38-,39-,40-,41-,42-/m0/s1. The lowest BCUT2D eigenvalue weighted by molar-refractivity contribution is -0.145. The fourth-order valence-electron chi connectivity index (χ4n) is 8.25. The topological polar surface area (TPSA) is 332 Å². The second-order valence-corrected chi connectivity index (χ2v) is 17.5. The van der Waals surface area contributed by atoms with E-state index < -0.39 is 96.2 Å². The number of aromatic hydroxyl groups is 2. The molecule has 1 aliphatic heterocycles. The molecule has 0 unspecified atom stereocenters. The lowest BCUT2D eigenvalue weighted by Gasteiger charge is -2.31. The minimum atomic E-state index is -1.36. The number of carboxylic acids is 1. The fourth-order valence-corrected chi connectivity index (χ4v) is 8.25. The number of rotatable bonds is 25. The maximum absolute atomic E-state index is 14.8. The number of carbonyl (C=O) groups excluding carboxylic acids is 6. The first-order valence-electron chi connectivity index (χ1n) is 23.3. The molecule has 3 aromatic carbocycles. The number of phenols is 2. The number of aliphatic hydroxyl groups is 1. The maximum atomic E-state index is 14.8. The molecule has 2 heterocycles. The van der Waals surface area contributed by atoms with Crippen molar-refractivity contribution in [2.75, 3.05) is 19.7 Å². The Morgan fingerprint density at radius 2 is 1.33 bits per heavy atom. The van der Waals surface area contributed by atoms with E-state index in [9.17, 15) is 54.0 Å². The minimum Gasteiger partial charge on any atom is -0.508 e. The molecule has 4 aromatic rings. The molecular formula is C49H65N9O11. The summed E-state index contributed by atoms with van der Waals surface area (Å²) in [6.07, 6.45) is 3.48. The van der Waals surface area contributed by atoms with E-state index in [0.29, 0.717) is 42.4 Å². The van der Waals surface area contributed by atoms with Gasteiger partial charge in [-0.25, -0.2) is 4.79 Å². The van der Waals surface area contributed by atoms with E-state index in [0.717, 1.165) is 10.9 Å². The van der Waals surface area contributed by atoms with Crippen LogP contribution < -0.4 is 38.1 Å². The molecule has 372 valence electrons. The first-order chi connectivity index (χ1) is 33.0. The number of para-hydroxylation sites is 1. The molecule has 0 saturated carbocycles. The smallest absolute Gasteiger partial charge is 0.326 e. The monoisotopic (exact) mass is 955 g/mol. The highest BCUT2D eigenvalue weighted by Crippen LogP contribution is 2.24. The summed E-state index contributed by atoms with van der Waals surface area (Å²) in [6, 6.07) is 10.4. The summed E-state index contributed by atoms with van der Waals surface area (Å²) in [5, 5.41) is 53.5. The lowest BCUT2D eigenvalue weighted by Crippen LogP contribution is -2.61. The molecular weight excluding hydrogens is 891 g/mol. The van der Waals surface area contributed by atoms with Crippen LogP contribution in [0.4, 0.5) is 0 Å². The van der Waals surface area contributed by atoms with Crippen molar-refractivity contribution in [1.29, 1.82) is 0 Å². The highest BCUT2D eigenvalue weighted by atomic mass is 16.4. The molecule has 5 rings (SSSR count). The summed E-state index contributed by atoms with van der Waals surface area (Å²) in [6.45, 7) is 3.27. The molecule has 6 amide bonds. The summed E-state index contributed by atoms with van der Waals surface area (Å²) < 4.78 is 0. The fraction of sp³-hybridized carbons (Fsp3) is 0.449. The van der Waals surface area contributed by atoms with Crippen LogP contribution >= 0.6 is 0 Å². The molecule has 0 radical (unpaired) electrons. The number of aliphatic carboxylic acids is 1. The van der Waals surface area contributed by atoms with E-state index >= 15 is 0 Å². The Hall–Kier alpha value is -7.03. The van der Waals surface area contributed by atoms with Crippen LogP contribution in [-0.2, 0) is 52.8 Å². The van der Waals surface area contributed by atoms with Crippen molar-refractivity contribution in [2.24, 2.45) is 17.4 Å². The molecule has 1 aromatic heterocycles. The van der Waals surface area contributed by atoms with Crippen molar-refractivity contribution < 1.29 is 54.0 Å². The number of nitrogens with two attached hydrogens (primary N) is 2. The Morgan fingerprint density at radius 3 is 1.94 bits per heavy atom. The number of aromatic nitrogens is 1. The predicted octanol–water partition coefficient (Wildman–Crippen LogP) is 0.601. The van der Waals surface area contributed by atoms with Crippen LogP contribution in [0.3, 0.4) is 0 Å². The molecule has 0 aliphatic carbocycles. The largest absolute Gasteiger partial charge is 0.508 e. The molecule has 1 fully saturated rings. The van der Waals surface area contributed by atoms with E-state index in [4.69, 9.17) is 11.5 Å². The van der Waals surface area contributed by atoms with Gasteiger partial charge in [0, 0.05) is 42.9 Å². The predicted molar refractivity (Wildman–Crippen MR) is 255 cm³/mol. The summed E-state index contributed by atoms with van der Waals surface area (Å²) >= 11 is 0. The SMILES string of the molecule is CC[C@H](C)[C@H](NC(=O)[C@@H](N)CO)C(=O)N[C@@H](Cc1ccc(O)cc1)C(=O)N[C@@H](CCCCN)C(=O)N[C@@H](Cc1c[nH]c2ccccc12)C(=O)N1CCC[C@H]1C(=O)N[C@@H](Cc1ccc(O)cc1)C(=O)O. The zero-order chi connectivity index (χ0) is 50.2. The summed E-state index contributed by atoms with van der Waals surface area (Å²) in [4.78, 5) is 101. The average molecular weight is 956 g/mol. The molecule has 0 spiro atoms.